The van der Waals surface area contributed by atoms with Crippen LogP contribution >= 0.6 is 0 Å². The Morgan fingerprint density at radius 1 is 1.17 bits per heavy atom. The number of piperazine rings is 1. The van der Waals surface area contributed by atoms with Gasteiger partial charge in [0.15, 0.2) is 5.78 Å². The summed E-state index contributed by atoms with van der Waals surface area (Å²) in [6.45, 7) is 5.73. The molecule has 1 N–H and O–H groups in total. The van der Waals surface area contributed by atoms with E-state index in [1.165, 1.54) is 13.0 Å². The Kier molecular flexibility index (Phi) is 6.53. The normalized spacial score (nSPS) is 20.6. The molecule has 6 nitrogen and oxygen atoms in total. The van der Waals surface area contributed by atoms with Crippen molar-refractivity contribution in [3.63, 3.8) is 0 Å². The van der Waals surface area contributed by atoms with E-state index in [0.717, 1.165) is 19.3 Å². The van der Waals surface area contributed by atoms with Gasteiger partial charge in [-0.3, -0.25) is 14.5 Å². The Morgan fingerprint density at radius 3 is 2.38 bits per heavy atom. The summed E-state index contributed by atoms with van der Waals surface area (Å²) in [5.41, 5.74) is 0.120. The van der Waals surface area contributed by atoms with Crippen molar-refractivity contribution in [2.45, 2.75) is 57.5 Å². The van der Waals surface area contributed by atoms with Gasteiger partial charge in [0.25, 0.3) is 0 Å². The van der Waals surface area contributed by atoms with Crippen LogP contribution in [0, 0.1) is 17.1 Å². The lowest BCUT2D eigenvalue weighted by Crippen LogP contribution is -2.58. The number of nitrogens with one attached hydrogen (secondary N) is 1. The van der Waals surface area contributed by atoms with E-state index in [9.17, 15) is 19.2 Å². The van der Waals surface area contributed by atoms with Crippen LogP contribution in [0.1, 0.15) is 56.3 Å². The zero-order chi connectivity index (χ0) is 21.0. The Labute approximate surface area is 171 Å². The molecule has 0 aromatic heterocycles. The molecule has 3 rings (SSSR count). The highest BCUT2D eigenvalue weighted by molar-refractivity contribution is 5.94. The maximum atomic E-state index is 14.4. The number of benzene rings is 1. The van der Waals surface area contributed by atoms with Gasteiger partial charge in [-0.1, -0.05) is 19.3 Å². The number of ketones is 1. The molecule has 1 atom stereocenters. The monoisotopic (exact) mass is 400 g/mol. The van der Waals surface area contributed by atoms with Gasteiger partial charge in [-0.15, -0.1) is 0 Å². The highest BCUT2D eigenvalue weighted by Crippen LogP contribution is 2.28. The van der Waals surface area contributed by atoms with Crippen molar-refractivity contribution in [3.05, 3.63) is 29.6 Å². The van der Waals surface area contributed by atoms with Gasteiger partial charge in [0.1, 0.15) is 11.4 Å². The summed E-state index contributed by atoms with van der Waals surface area (Å²) in [5, 5.41) is 12.6. The maximum Gasteiger partial charge on any atom is 0.238 e. The molecule has 1 saturated carbocycles. The lowest BCUT2D eigenvalue weighted by atomic mass is 9.82. The van der Waals surface area contributed by atoms with Crippen LogP contribution in [0.3, 0.4) is 0 Å². The molecule has 1 amide bonds. The van der Waals surface area contributed by atoms with E-state index in [2.05, 4.69) is 16.3 Å². The molecule has 1 aliphatic heterocycles. The number of Topliss-reactive ketones (excluding diaryl/α,β-unsaturated/α-hetero) is 1. The van der Waals surface area contributed by atoms with Crippen LogP contribution in [0.2, 0.25) is 0 Å². The van der Waals surface area contributed by atoms with E-state index >= 15 is 0 Å². The van der Waals surface area contributed by atoms with Crippen LogP contribution in [0.5, 0.6) is 0 Å². The van der Waals surface area contributed by atoms with Gasteiger partial charge >= 0.3 is 0 Å². The van der Waals surface area contributed by atoms with Crippen LogP contribution in [0.25, 0.3) is 0 Å². The second-order valence-electron chi connectivity index (χ2n) is 8.17. The third-order valence-corrected chi connectivity index (χ3v) is 6.22. The summed E-state index contributed by atoms with van der Waals surface area (Å²) in [7, 11) is 0. The number of rotatable bonds is 5. The topological polar surface area (TPSA) is 76.4 Å². The summed E-state index contributed by atoms with van der Waals surface area (Å²) in [4.78, 5) is 28.2. The summed E-state index contributed by atoms with van der Waals surface area (Å²) in [6, 6.07) is 6.57. The number of anilines is 1. The number of carbonyl (C=O) groups excluding carboxylic acids is 2. The number of nitrogens with zero attached hydrogens (tertiary/aromatic N) is 3. The lowest BCUT2D eigenvalue weighted by Gasteiger charge is -2.40. The van der Waals surface area contributed by atoms with E-state index in [4.69, 9.17) is 0 Å². The SMILES string of the molecule is CC(=O)c1ccc(N2CCN(C(C)C(=O)NC3(C#N)CCCCC3)CC2)c(F)c1. The Hall–Kier alpha value is -2.46. The van der Waals surface area contributed by atoms with Crippen molar-refractivity contribution in [1.29, 1.82) is 5.26 Å². The number of halogens is 1. The molecule has 1 aromatic carbocycles. The van der Waals surface area contributed by atoms with Crippen LogP contribution < -0.4 is 10.2 Å². The van der Waals surface area contributed by atoms with Gasteiger partial charge in [-0.05, 0) is 44.9 Å². The highest BCUT2D eigenvalue weighted by Gasteiger charge is 2.36. The maximum absolute atomic E-state index is 14.4. The van der Waals surface area contributed by atoms with Crippen molar-refractivity contribution in [2.24, 2.45) is 0 Å². The molecule has 156 valence electrons. The Balaban J connectivity index is 1.58. The fourth-order valence-electron chi connectivity index (χ4n) is 4.26. The molecular weight excluding hydrogens is 371 g/mol. The van der Waals surface area contributed by atoms with E-state index in [0.29, 0.717) is 50.3 Å². The van der Waals surface area contributed by atoms with Crippen molar-refractivity contribution in [2.75, 3.05) is 31.1 Å². The Morgan fingerprint density at radius 2 is 1.83 bits per heavy atom. The minimum atomic E-state index is -0.729. The van der Waals surface area contributed by atoms with Crippen molar-refractivity contribution < 1.29 is 14.0 Å². The molecule has 0 bridgehead atoms. The number of amides is 1. The third-order valence-electron chi connectivity index (χ3n) is 6.22. The van der Waals surface area contributed by atoms with Gasteiger partial charge in [-0.25, -0.2) is 4.39 Å². The summed E-state index contributed by atoms with van der Waals surface area (Å²) >= 11 is 0. The van der Waals surface area contributed by atoms with Gasteiger partial charge in [0.05, 0.1) is 17.8 Å². The van der Waals surface area contributed by atoms with E-state index in [-0.39, 0.29) is 17.7 Å². The van der Waals surface area contributed by atoms with Crippen LogP contribution in [0.15, 0.2) is 18.2 Å². The molecule has 2 fully saturated rings. The van der Waals surface area contributed by atoms with Gasteiger partial charge in [0.2, 0.25) is 5.91 Å². The molecule has 1 aromatic rings. The van der Waals surface area contributed by atoms with E-state index in [1.54, 1.807) is 12.1 Å². The number of hydrogen-bond acceptors (Lipinski definition) is 5. The van der Waals surface area contributed by atoms with Crippen LogP contribution in [-0.2, 0) is 4.79 Å². The van der Waals surface area contributed by atoms with E-state index < -0.39 is 11.4 Å². The Bertz CT molecular complexity index is 806. The molecule has 29 heavy (non-hydrogen) atoms. The van der Waals surface area contributed by atoms with Crippen molar-refractivity contribution in [1.82, 2.24) is 10.2 Å². The highest BCUT2D eigenvalue weighted by atomic mass is 19.1. The van der Waals surface area contributed by atoms with E-state index in [1.807, 2.05) is 11.8 Å². The molecule has 1 saturated heterocycles. The van der Waals surface area contributed by atoms with Crippen LogP contribution in [0.4, 0.5) is 10.1 Å². The smallest absolute Gasteiger partial charge is 0.238 e. The van der Waals surface area contributed by atoms with Crippen LogP contribution in [-0.4, -0.2) is 54.4 Å². The number of hydrogen-bond donors (Lipinski definition) is 1. The minimum Gasteiger partial charge on any atom is -0.367 e. The fourth-order valence-corrected chi connectivity index (χ4v) is 4.26. The second-order valence-corrected chi connectivity index (χ2v) is 8.17. The first kappa shape index (κ1) is 21.3. The molecule has 1 unspecified atom stereocenters. The second kappa shape index (κ2) is 8.91. The zero-order valence-corrected chi connectivity index (χ0v) is 17.2. The molecule has 1 heterocycles. The summed E-state index contributed by atoms with van der Waals surface area (Å²) in [6.07, 6.45) is 4.47. The summed E-state index contributed by atoms with van der Waals surface area (Å²) in [5.74, 6) is -0.669. The predicted molar refractivity (Wildman–Crippen MR) is 109 cm³/mol. The first-order valence-electron chi connectivity index (χ1n) is 10.4. The number of carbonyl (C=O) groups is 2. The molecule has 0 radical (unpaired) electrons. The standard InChI is InChI=1S/C22H29FN4O2/c1-16(21(29)25-22(15-24)8-4-3-5-9-22)26-10-12-27(13-11-26)20-7-6-18(17(2)28)14-19(20)23/h6-7,14,16H,3-5,8-13H2,1-2H3,(H,25,29). The molecular formula is C22H29FN4O2. The molecule has 1 aliphatic carbocycles. The average molecular weight is 400 g/mol. The first-order chi connectivity index (χ1) is 13.8. The fraction of sp³-hybridized carbons (Fsp3) is 0.591. The van der Waals surface area contributed by atoms with Crippen molar-refractivity contribution >= 4 is 17.4 Å². The molecule has 0 spiro atoms. The zero-order valence-electron chi connectivity index (χ0n) is 17.2. The largest absolute Gasteiger partial charge is 0.367 e. The van der Waals surface area contributed by atoms with Gasteiger partial charge in [-0.2, -0.15) is 5.26 Å². The van der Waals surface area contributed by atoms with Gasteiger partial charge in [0, 0.05) is 31.7 Å². The molecule has 7 heteroatoms. The quantitative estimate of drug-likeness (QED) is 0.769. The van der Waals surface area contributed by atoms with Gasteiger partial charge < -0.3 is 10.2 Å². The van der Waals surface area contributed by atoms with Crippen molar-refractivity contribution in [3.8, 4) is 6.07 Å². The lowest BCUT2D eigenvalue weighted by molar-refractivity contribution is -0.127. The number of nitriles is 1. The first-order valence-corrected chi connectivity index (χ1v) is 10.4. The summed E-state index contributed by atoms with van der Waals surface area (Å²) < 4.78 is 14.4. The predicted octanol–water partition coefficient (Wildman–Crippen LogP) is 2.88. The molecule has 2 aliphatic rings. The average Bonchev–Trinajstić information content (AvgIpc) is 2.74. The minimum absolute atomic E-state index is 0.112. The third kappa shape index (κ3) is 4.76.